The van der Waals surface area contributed by atoms with E-state index in [0.717, 1.165) is 103 Å². The first-order valence-electron chi connectivity index (χ1n) is 24.9. The molecule has 11 nitrogen and oxygen atoms in total. The predicted molar refractivity (Wildman–Crippen MR) is 250 cm³/mol. The van der Waals surface area contributed by atoms with Crippen molar-refractivity contribution < 1.29 is 24.0 Å². The van der Waals surface area contributed by atoms with Gasteiger partial charge in [0, 0.05) is 32.6 Å². The van der Waals surface area contributed by atoms with Crippen LogP contribution in [0.4, 0.5) is 0 Å². The van der Waals surface area contributed by atoms with E-state index >= 15 is 0 Å². The summed E-state index contributed by atoms with van der Waals surface area (Å²) >= 11 is 0. The second kappa shape index (κ2) is 39.2. The third kappa shape index (κ3) is 33.0. The molecule has 0 fully saturated rings. The maximum atomic E-state index is 14.3. The highest BCUT2D eigenvalue weighted by Gasteiger charge is 2.27. The average Bonchev–Trinajstić information content (AvgIpc) is 3.20. The maximum absolute atomic E-state index is 14.3. The van der Waals surface area contributed by atoms with Gasteiger partial charge in [0.25, 0.3) is 0 Å². The van der Waals surface area contributed by atoms with E-state index in [2.05, 4.69) is 41.5 Å². The Kier molecular flexibility index (Phi) is 37.4. The van der Waals surface area contributed by atoms with Crippen LogP contribution in [-0.2, 0) is 24.0 Å². The number of nitrogens with zero attached hydrogens (tertiary/aromatic N) is 4. The fourth-order valence-electron chi connectivity index (χ4n) is 7.66. The summed E-state index contributed by atoms with van der Waals surface area (Å²) in [5, 5.41) is 0. The number of nitrogens with two attached hydrogens (primary N) is 2. The van der Waals surface area contributed by atoms with E-state index in [4.69, 9.17) is 11.5 Å². The molecule has 0 unspecified atom stereocenters. The molecule has 11 heteroatoms. The van der Waals surface area contributed by atoms with Crippen molar-refractivity contribution >= 4 is 29.5 Å². The van der Waals surface area contributed by atoms with Crippen molar-refractivity contribution in [3.8, 4) is 0 Å². The van der Waals surface area contributed by atoms with Crippen molar-refractivity contribution in [3.63, 3.8) is 0 Å². The van der Waals surface area contributed by atoms with Gasteiger partial charge in [0.15, 0.2) is 0 Å². The molecular weight excluding hydrogens is 753 g/mol. The van der Waals surface area contributed by atoms with E-state index in [1.54, 1.807) is 14.7 Å². The molecule has 0 aliphatic carbocycles. The van der Waals surface area contributed by atoms with Crippen LogP contribution in [0.25, 0.3) is 0 Å². The van der Waals surface area contributed by atoms with Crippen LogP contribution in [0.3, 0.4) is 0 Å². The van der Waals surface area contributed by atoms with Gasteiger partial charge < -0.3 is 31.1 Å². The summed E-state index contributed by atoms with van der Waals surface area (Å²) in [7, 11) is 0. The highest BCUT2D eigenvalue weighted by molar-refractivity contribution is 5.91. The van der Waals surface area contributed by atoms with Crippen molar-refractivity contribution in [1.29, 1.82) is 0 Å². The van der Waals surface area contributed by atoms with E-state index < -0.39 is 5.91 Å². The minimum Gasteiger partial charge on any atom is -0.368 e. The molecule has 0 spiro atoms. The largest absolute Gasteiger partial charge is 0.368 e. The second-order valence-electron chi connectivity index (χ2n) is 18.4. The van der Waals surface area contributed by atoms with Crippen LogP contribution in [-0.4, -0.2) is 108 Å². The second-order valence-corrected chi connectivity index (χ2v) is 18.4. The zero-order chi connectivity index (χ0) is 44.8. The molecule has 0 saturated heterocycles. The molecule has 4 N–H and O–H groups in total. The summed E-state index contributed by atoms with van der Waals surface area (Å²) in [6, 6.07) is 0. The molecule has 0 aromatic carbocycles. The monoisotopic (exact) mass is 849 g/mol. The Labute approximate surface area is 369 Å². The maximum Gasteiger partial charge on any atom is 0.242 e. The fourth-order valence-corrected chi connectivity index (χ4v) is 7.66. The van der Waals surface area contributed by atoms with Gasteiger partial charge in [-0.1, -0.05) is 170 Å². The summed E-state index contributed by atoms with van der Waals surface area (Å²) in [5.41, 5.74) is 11.3. The highest BCUT2D eigenvalue weighted by Crippen LogP contribution is 2.15. The number of unbranched alkanes of at least 4 members (excludes halogenated alkanes) is 19. The molecule has 0 atom stereocenters. The highest BCUT2D eigenvalue weighted by atomic mass is 16.2. The summed E-state index contributed by atoms with van der Waals surface area (Å²) < 4.78 is 0. The standard InChI is InChI=1S/C49H96N6O5/c1-7-9-11-13-15-17-19-27-36-53(46(57)33-25-26-34-50)40-48(59)55(38-30-22-24-32-44(5)6)42-49(60)54(37-28-20-18-16-14-12-10-8-2)41-47(58)52(39-45(51)56)35-29-21-23-31-43(3)4/h43-44H,7-42,50H2,1-6H3,(H2,51,56). The van der Waals surface area contributed by atoms with Gasteiger partial charge >= 0.3 is 0 Å². The van der Waals surface area contributed by atoms with Gasteiger partial charge in [0.1, 0.15) is 0 Å². The van der Waals surface area contributed by atoms with E-state index in [9.17, 15) is 24.0 Å². The Hall–Kier alpha value is -2.69. The Balaban J connectivity index is 6.15. The average molecular weight is 849 g/mol. The number of hydrogen-bond donors (Lipinski definition) is 2. The fraction of sp³-hybridized carbons (Fsp3) is 0.898. The zero-order valence-corrected chi connectivity index (χ0v) is 40.1. The topological polar surface area (TPSA) is 150 Å². The van der Waals surface area contributed by atoms with Crippen molar-refractivity contribution in [3.05, 3.63) is 0 Å². The summed E-state index contributed by atoms with van der Waals surface area (Å²) in [4.78, 5) is 74.5. The number of carbonyl (C=O) groups excluding carboxylic acids is 5. The van der Waals surface area contributed by atoms with Gasteiger partial charge in [-0.15, -0.1) is 0 Å². The SMILES string of the molecule is CCCCCCCCCCN(CC(=O)N(CCCCCC(C)C)CC(=O)N(CCCCCCCCCC)CC(=O)N(CCCCCC(C)C)CC(N)=O)C(=O)CCCCN. The lowest BCUT2D eigenvalue weighted by atomic mass is 10.1. The molecule has 0 aliphatic rings. The molecule has 0 aliphatic heterocycles. The quantitative estimate of drug-likeness (QED) is 0.0585. The van der Waals surface area contributed by atoms with E-state index in [-0.39, 0.29) is 49.8 Å². The summed E-state index contributed by atoms with van der Waals surface area (Å²) in [6.07, 6.45) is 27.4. The van der Waals surface area contributed by atoms with Crippen LogP contribution in [0.2, 0.25) is 0 Å². The van der Waals surface area contributed by atoms with Crippen LogP contribution >= 0.6 is 0 Å². The van der Waals surface area contributed by atoms with E-state index in [1.807, 2.05) is 0 Å². The van der Waals surface area contributed by atoms with Crippen LogP contribution in [0, 0.1) is 11.8 Å². The number of carbonyl (C=O) groups is 5. The number of primary amides is 1. The van der Waals surface area contributed by atoms with Gasteiger partial charge in [0.2, 0.25) is 29.5 Å². The smallest absolute Gasteiger partial charge is 0.242 e. The third-order valence-corrected chi connectivity index (χ3v) is 11.6. The lowest BCUT2D eigenvalue weighted by Gasteiger charge is -2.31. The van der Waals surface area contributed by atoms with Crippen LogP contribution in [0.1, 0.15) is 215 Å². The first-order chi connectivity index (χ1) is 28.9. The van der Waals surface area contributed by atoms with Gasteiger partial charge in [0.05, 0.1) is 26.2 Å². The minimum absolute atomic E-state index is 0.0383. The van der Waals surface area contributed by atoms with Crippen molar-refractivity contribution in [2.45, 2.75) is 215 Å². The molecular formula is C49H96N6O5. The summed E-state index contributed by atoms with van der Waals surface area (Å²) in [5.74, 6) is -0.211. The van der Waals surface area contributed by atoms with Crippen molar-refractivity contribution in [2.24, 2.45) is 23.3 Å². The molecule has 0 radical (unpaired) electrons. The lowest BCUT2D eigenvalue weighted by molar-refractivity contribution is -0.146. The van der Waals surface area contributed by atoms with Crippen LogP contribution in [0.15, 0.2) is 0 Å². The lowest BCUT2D eigenvalue weighted by Crippen LogP contribution is -2.50. The molecule has 60 heavy (non-hydrogen) atoms. The van der Waals surface area contributed by atoms with Crippen LogP contribution < -0.4 is 11.5 Å². The molecule has 0 rings (SSSR count). The molecule has 0 aromatic rings. The van der Waals surface area contributed by atoms with Crippen molar-refractivity contribution in [2.75, 3.05) is 58.9 Å². The molecule has 0 aromatic heterocycles. The third-order valence-electron chi connectivity index (χ3n) is 11.6. The Bertz CT molecular complexity index is 1100. The number of hydrogen-bond acceptors (Lipinski definition) is 6. The normalized spacial score (nSPS) is 11.3. The zero-order valence-electron chi connectivity index (χ0n) is 40.1. The Morgan fingerprint density at radius 3 is 1.00 bits per heavy atom. The van der Waals surface area contributed by atoms with Crippen molar-refractivity contribution in [1.82, 2.24) is 19.6 Å². The first-order valence-corrected chi connectivity index (χ1v) is 24.9. The Morgan fingerprint density at radius 2 is 0.683 bits per heavy atom. The minimum atomic E-state index is -0.574. The first kappa shape index (κ1) is 57.3. The molecule has 352 valence electrons. The van der Waals surface area contributed by atoms with Gasteiger partial charge in [-0.3, -0.25) is 24.0 Å². The number of amides is 5. The van der Waals surface area contributed by atoms with Gasteiger partial charge in [-0.25, -0.2) is 0 Å². The van der Waals surface area contributed by atoms with Gasteiger partial charge in [-0.05, 0) is 56.9 Å². The van der Waals surface area contributed by atoms with Gasteiger partial charge in [-0.2, -0.15) is 0 Å². The van der Waals surface area contributed by atoms with E-state index in [1.165, 1.54) is 62.7 Å². The Morgan fingerprint density at radius 1 is 0.383 bits per heavy atom. The molecule has 0 bridgehead atoms. The predicted octanol–water partition coefficient (Wildman–Crippen LogP) is 9.63. The molecule has 0 heterocycles. The molecule has 5 amide bonds. The molecule has 0 saturated carbocycles. The van der Waals surface area contributed by atoms with E-state index in [0.29, 0.717) is 57.4 Å². The van der Waals surface area contributed by atoms with Crippen LogP contribution in [0.5, 0.6) is 0 Å². The summed E-state index contributed by atoms with van der Waals surface area (Å²) in [6.45, 7) is 15.0. The number of rotatable bonds is 42.